The molecule has 1 fully saturated rings. The lowest BCUT2D eigenvalue weighted by molar-refractivity contribution is -0.142. The zero-order chi connectivity index (χ0) is 14.2. The predicted octanol–water partition coefficient (Wildman–Crippen LogP) is 1.65. The highest BCUT2D eigenvalue weighted by molar-refractivity contribution is 5.70. The number of carbonyl (C=O) groups is 1. The standard InChI is InChI=1S/C15H22N2O3/c1-19-15(18)11-20-14-4-2-13(3-5-14)17-10-12-6-8-16-9-7-12/h2-5,12,16-17H,6-11H2,1H3. The number of hydrogen-bond donors (Lipinski definition) is 2. The van der Waals surface area contributed by atoms with Crippen molar-refractivity contribution in [3.05, 3.63) is 24.3 Å². The van der Waals surface area contributed by atoms with E-state index < -0.39 is 0 Å². The summed E-state index contributed by atoms with van der Waals surface area (Å²) in [5.74, 6) is 1.03. The van der Waals surface area contributed by atoms with Gasteiger partial charge in [0.2, 0.25) is 0 Å². The van der Waals surface area contributed by atoms with E-state index >= 15 is 0 Å². The largest absolute Gasteiger partial charge is 0.482 e. The normalized spacial score (nSPS) is 15.7. The maximum absolute atomic E-state index is 11.0. The highest BCUT2D eigenvalue weighted by atomic mass is 16.6. The highest BCUT2D eigenvalue weighted by Gasteiger charge is 2.12. The number of hydrogen-bond acceptors (Lipinski definition) is 5. The van der Waals surface area contributed by atoms with E-state index in [-0.39, 0.29) is 12.6 Å². The van der Waals surface area contributed by atoms with Crippen molar-refractivity contribution in [3.63, 3.8) is 0 Å². The SMILES string of the molecule is COC(=O)COc1ccc(NCC2CCNCC2)cc1. The van der Waals surface area contributed by atoms with E-state index in [0.29, 0.717) is 5.75 Å². The number of benzene rings is 1. The Kier molecular flexibility index (Phi) is 5.68. The van der Waals surface area contributed by atoms with Crippen molar-refractivity contribution in [2.24, 2.45) is 5.92 Å². The third-order valence-corrected chi connectivity index (χ3v) is 3.49. The Hall–Kier alpha value is -1.75. The van der Waals surface area contributed by atoms with Crippen LogP contribution in [0.25, 0.3) is 0 Å². The average molecular weight is 278 g/mol. The maximum atomic E-state index is 11.0. The summed E-state index contributed by atoms with van der Waals surface area (Å²) in [6.07, 6.45) is 2.46. The van der Waals surface area contributed by atoms with Crippen molar-refractivity contribution in [2.45, 2.75) is 12.8 Å². The summed E-state index contributed by atoms with van der Waals surface area (Å²) >= 11 is 0. The molecule has 0 aliphatic carbocycles. The summed E-state index contributed by atoms with van der Waals surface area (Å²) in [5, 5.41) is 6.81. The number of nitrogens with one attached hydrogen (secondary N) is 2. The van der Waals surface area contributed by atoms with Crippen LogP contribution in [0.1, 0.15) is 12.8 Å². The fourth-order valence-electron chi connectivity index (χ4n) is 2.22. The molecule has 0 unspecified atom stereocenters. The molecular weight excluding hydrogens is 256 g/mol. The number of carbonyl (C=O) groups excluding carboxylic acids is 1. The average Bonchev–Trinajstić information content (AvgIpc) is 2.52. The molecule has 0 amide bonds. The number of rotatable bonds is 6. The fraction of sp³-hybridized carbons (Fsp3) is 0.533. The van der Waals surface area contributed by atoms with Crippen LogP contribution in [0, 0.1) is 5.92 Å². The third kappa shape index (κ3) is 4.74. The molecule has 2 rings (SSSR count). The first-order valence-corrected chi connectivity index (χ1v) is 7.02. The van der Waals surface area contributed by atoms with E-state index in [1.807, 2.05) is 24.3 Å². The summed E-state index contributed by atoms with van der Waals surface area (Å²) in [7, 11) is 1.35. The molecule has 0 saturated carbocycles. The van der Waals surface area contributed by atoms with Crippen molar-refractivity contribution in [3.8, 4) is 5.75 Å². The molecule has 1 aromatic rings. The number of ether oxygens (including phenoxy) is 2. The van der Waals surface area contributed by atoms with Gasteiger partial charge in [0.25, 0.3) is 0 Å². The van der Waals surface area contributed by atoms with Gasteiger partial charge in [-0.05, 0) is 56.1 Å². The molecule has 0 spiro atoms. The van der Waals surface area contributed by atoms with Gasteiger partial charge in [-0.1, -0.05) is 0 Å². The summed E-state index contributed by atoms with van der Waals surface area (Å²) in [6, 6.07) is 7.64. The van der Waals surface area contributed by atoms with Crippen LogP contribution in [0.3, 0.4) is 0 Å². The van der Waals surface area contributed by atoms with E-state index in [4.69, 9.17) is 4.74 Å². The van der Waals surface area contributed by atoms with Crippen LogP contribution in [0.4, 0.5) is 5.69 Å². The smallest absolute Gasteiger partial charge is 0.343 e. The molecule has 5 heteroatoms. The van der Waals surface area contributed by atoms with E-state index in [0.717, 1.165) is 31.2 Å². The second-order valence-electron chi connectivity index (χ2n) is 4.96. The third-order valence-electron chi connectivity index (χ3n) is 3.49. The molecule has 0 atom stereocenters. The lowest BCUT2D eigenvalue weighted by Gasteiger charge is -2.23. The van der Waals surface area contributed by atoms with Gasteiger partial charge in [0.1, 0.15) is 5.75 Å². The number of anilines is 1. The zero-order valence-corrected chi connectivity index (χ0v) is 11.9. The Balaban J connectivity index is 1.74. The van der Waals surface area contributed by atoms with E-state index in [2.05, 4.69) is 15.4 Å². The second-order valence-corrected chi connectivity index (χ2v) is 4.96. The Morgan fingerprint density at radius 3 is 2.65 bits per heavy atom. The minimum atomic E-state index is -0.377. The minimum absolute atomic E-state index is 0.0572. The molecule has 5 nitrogen and oxygen atoms in total. The number of methoxy groups -OCH3 is 1. The van der Waals surface area contributed by atoms with Crippen LogP contribution in [-0.4, -0.2) is 39.3 Å². The van der Waals surface area contributed by atoms with Crippen LogP contribution in [0.2, 0.25) is 0 Å². The summed E-state index contributed by atoms with van der Waals surface area (Å²) in [5.41, 5.74) is 1.08. The first kappa shape index (κ1) is 14.7. The van der Waals surface area contributed by atoms with E-state index in [1.54, 1.807) is 0 Å². The van der Waals surface area contributed by atoms with Crippen LogP contribution < -0.4 is 15.4 Å². The van der Waals surface area contributed by atoms with Crippen LogP contribution >= 0.6 is 0 Å². The molecule has 20 heavy (non-hydrogen) atoms. The van der Waals surface area contributed by atoms with Gasteiger partial charge in [0, 0.05) is 12.2 Å². The molecule has 0 radical (unpaired) electrons. The quantitative estimate of drug-likeness (QED) is 0.775. The Bertz CT molecular complexity index is 414. The molecule has 0 bridgehead atoms. The maximum Gasteiger partial charge on any atom is 0.343 e. The Labute approximate surface area is 119 Å². The van der Waals surface area contributed by atoms with Gasteiger partial charge in [-0.2, -0.15) is 0 Å². The second kappa shape index (κ2) is 7.75. The number of esters is 1. The molecule has 110 valence electrons. The summed E-state index contributed by atoms with van der Waals surface area (Å²) < 4.78 is 9.82. The summed E-state index contributed by atoms with van der Waals surface area (Å²) in [6.45, 7) is 3.18. The van der Waals surface area contributed by atoms with Crippen molar-refractivity contribution < 1.29 is 14.3 Å². The van der Waals surface area contributed by atoms with Gasteiger partial charge in [-0.15, -0.1) is 0 Å². The first-order chi connectivity index (χ1) is 9.78. The number of piperidine rings is 1. The fourth-order valence-corrected chi connectivity index (χ4v) is 2.22. The van der Waals surface area contributed by atoms with Gasteiger partial charge in [-0.25, -0.2) is 4.79 Å². The lowest BCUT2D eigenvalue weighted by Crippen LogP contribution is -2.31. The molecule has 1 heterocycles. The molecule has 2 N–H and O–H groups in total. The topological polar surface area (TPSA) is 59.6 Å². The molecule has 1 saturated heterocycles. The van der Waals surface area contributed by atoms with Crippen LogP contribution in [0.5, 0.6) is 5.75 Å². The van der Waals surface area contributed by atoms with Crippen molar-refractivity contribution in [1.29, 1.82) is 0 Å². The minimum Gasteiger partial charge on any atom is -0.482 e. The first-order valence-electron chi connectivity index (χ1n) is 7.02. The van der Waals surface area contributed by atoms with Crippen molar-refractivity contribution >= 4 is 11.7 Å². The Morgan fingerprint density at radius 1 is 1.30 bits per heavy atom. The highest BCUT2D eigenvalue weighted by Crippen LogP contribution is 2.17. The van der Waals surface area contributed by atoms with E-state index in [1.165, 1.54) is 20.0 Å². The molecule has 0 aromatic heterocycles. The Morgan fingerprint density at radius 2 is 2.00 bits per heavy atom. The zero-order valence-electron chi connectivity index (χ0n) is 11.9. The molecular formula is C15H22N2O3. The van der Waals surface area contributed by atoms with Gasteiger partial charge < -0.3 is 20.1 Å². The summed E-state index contributed by atoms with van der Waals surface area (Å²) in [4.78, 5) is 11.0. The van der Waals surface area contributed by atoms with Crippen molar-refractivity contribution in [2.75, 3.05) is 38.7 Å². The monoisotopic (exact) mass is 278 g/mol. The van der Waals surface area contributed by atoms with Crippen LogP contribution in [0.15, 0.2) is 24.3 Å². The molecule has 1 aliphatic heterocycles. The van der Waals surface area contributed by atoms with Gasteiger partial charge in [0.15, 0.2) is 6.61 Å². The van der Waals surface area contributed by atoms with E-state index in [9.17, 15) is 4.79 Å². The lowest BCUT2D eigenvalue weighted by atomic mass is 9.98. The van der Waals surface area contributed by atoms with Crippen LogP contribution in [-0.2, 0) is 9.53 Å². The molecule has 1 aliphatic rings. The molecule has 1 aromatic carbocycles. The van der Waals surface area contributed by atoms with Gasteiger partial charge >= 0.3 is 5.97 Å². The van der Waals surface area contributed by atoms with Crippen molar-refractivity contribution in [1.82, 2.24) is 5.32 Å². The predicted molar refractivity (Wildman–Crippen MR) is 78.0 cm³/mol. The van der Waals surface area contributed by atoms with Gasteiger partial charge in [0.05, 0.1) is 7.11 Å². The van der Waals surface area contributed by atoms with Gasteiger partial charge in [-0.3, -0.25) is 0 Å².